The highest BCUT2D eigenvalue weighted by Crippen LogP contribution is 2.30. The smallest absolute Gasteiger partial charge is 0.342 e. The Bertz CT molecular complexity index is 508. The van der Waals surface area contributed by atoms with E-state index >= 15 is 0 Å². The third-order valence-electron chi connectivity index (χ3n) is 2.12. The highest BCUT2D eigenvalue weighted by Gasteiger charge is 2.24. The summed E-state index contributed by atoms with van der Waals surface area (Å²) in [7, 11) is 1.59. The van der Waals surface area contributed by atoms with Gasteiger partial charge in [-0.15, -0.1) is 11.3 Å². The van der Waals surface area contributed by atoms with Gasteiger partial charge in [-0.05, 0) is 4.92 Å². The maximum Gasteiger partial charge on any atom is 0.342 e. The highest BCUT2D eigenvalue weighted by molar-refractivity contribution is 7.80. The molecule has 6 nitrogen and oxygen atoms in total. The standard InChI is InChI=1S/C8H8N4O2S2/c1-11-5(12(13)14)4-10-7(11)6(15)8-9-2-3-16-8/h2-4,6,15H,1H3. The Morgan fingerprint density at radius 1 is 1.62 bits per heavy atom. The molecule has 0 amide bonds. The molecule has 0 radical (unpaired) electrons. The van der Waals surface area contributed by atoms with Crippen molar-refractivity contribution < 1.29 is 4.92 Å². The molecule has 0 saturated carbocycles. The predicted molar refractivity (Wildman–Crippen MR) is 62.8 cm³/mol. The number of thiazole rings is 1. The molecule has 0 aliphatic heterocycles. The zero-order valence-corrected chi connectivity index (χ0v) is 9.98. The van der Waals surface area contributed by atoms with Crippen molar-refractivity contribution in [3.8, 4) is 0 Å². The van der Waals surface area contributed by atoms with Crippen molar-refractivity contribution in [2.24, 2.45) is 7.05 Å². The van der Waals surface area contributed by atoms with Gasteiger partial charge in [0.05, 0.1) is 7.05 Å². The van der Waals surface area contributed by atoms with Crippen molar-refractivity contribution in [1.29, 1.82) is 0 Å². The number of nitro groups is 1. The van der Waals surface area contributed by atoms with Crippen molar-refractivity contribution in [3.05, 3.63) is 38.7 Å². The second-order valence-corrected chi connectivity index (χ2v) is 4.51. The summed E-state index contributed by atoms with van der Waals surface area (Å²) >= 11 is 5.81. The van der Waals surface area contributed by atoms with Crippen LogP contribution in [0.5, 0.6) is 0 Å². The van der Waals surface area contributed by atoms with Crippen LogP contribution in [-0.2, 0) is 7.05 Å². The molecule has 0 aliphatic carbocycles. The van der Waals surface area contributed by atoms with E-state index in [9.17, 15) is 10.1 Å². The predicted octanol–water partition coefficient (Wildman–Crippen LogP) is 1.80. The number of imidazole rings is 1. The van der Waals surface area contributed by atoms with Gasteiger partial charge < -0.3 is 10.1 Å². The largest absolute Gasteiger partial charge is 0.358 e. The number of aromatic nitrogens is 3. The third-order valence-corrected chi connectivity index (χ3v) is 3.61. The lowest BCUT2D eigenvalue weighted by atomic mass is 10.4. The second kappa shape index (κ2) is 4.22. The molecule has 2 rings (SSSR count). The van der Waals surface area contributed by atoms with Gasteiger partial charge in [0.1, 0.15) is 16.5 Å². The quantitative estimate of drug-likeness (QED) is 0.516. The molecule has 2 aromatic heterocycles. The van der Waals surface area contributed by atoms with Crippen LogP contribution in [0.1, 0.15) is 16.1 Å². The Kier molecular flexibility index (Phi) is 2.92. The monoisotopic (exact) mass is 256 g/mol. The summed E-state index contributed by atoms with van der Waals surface area (Å²) in [6.07, 6.45) is 2.90. The first kappa shape index (κ1) is 11.1. The molecule has 0 fully saturated rings. The van der Waals surface area contributed by atoms with Crippen LogP contribution in [0.2, 0.25) is 0 Å². The summed E-state index contributed by atoms with van der Waals surface area (Å²) in [6.45, 7) is 0. The summed E-state index contributed by atoms with van der Waals surface area (Å²) in [5.74, 6) is 0.468. The maximum absolute atomic E-state index is 10.7. The van der Waals surface area contributed by atoms with E-state index in [4.69, 9.17) is 0 Å². The molecule has 1 unspecified atom stereocenters. The summed E-state index contributed by atoms with van der Waals surface area (Å²) in [4.78, 5) is 18.3. The Labute approximate surface area is 101 Å². The molecule has 8 heteroatoms. The van der Waals surface area contributed by atoms with Gasteiger partial charge in [-0.2, -0.15) is 12.6 Å². The van der Waals surface area contributed by atoms with Crippen molar-refractivity contribution in [2.45, 2.75) is 5.25 Å². The minimum Gasteiger partial charge on any atom is -0.358 e. The van der Waals surface area contributed by atoms with Gasteiger partial charge in [0, 0.05) is 11.6 Å². The van der Waals surface area contributed by atoms with Gasteiger partial charge in [0.2, 0.25) is 5.82 Å². The molecule has 2 aromatic rings. The number of hydrogen-bond donors (Lipinski definition) is 1. The lowest BCUT2D eigenvalue weighted by molar-refractivity contribution is -0.391. The van der Waals surface area contributed by atoms with E-state index in [1.807, 2.05) is 5.38 Å². The molecule has 0 bridgehead atoms. The summed E-state index contributed by atoms with van der Waals surface area (Å²) < 4.78 is 1.42. The van der Waals surface area contributed by atoms with Gasteiger partial charge in [-0.25, -0.2) is 14.5 Å². The Morgan fingerprint density at radius 2 is 2.38 bits per heavy atom. The van der Waals surface area contributed by atoms with E-state index in [-0.39, 0.29) is 11.1 Å². The molecule has 0 spiro atoms. The van der Waals surface area contributed by atoms with E-state index in [1.165, 1.54) is 22.1 Å². The van der Waals surface area contributed by atoms with Crippen molar-refractivity contribution in [3.63, 3.8) is 0 Å². The molecular formula is C8H8N4O2S2. The average molecular weight is 256 g/mol. The first-order chi connectivity index (χ1) is 7.61. The molecule has 0 N–H and O–H groups in total. The molecule has 84 valence electrons. The second-order valence-electron chi connectivity index (χ2n) is 3.06. The zero-order chi connectivity index (χ0) is 11.7. The van der Waals surface area contributed by atoms with Crippen LogP contribution in [0.25, 0.3) is 0 Å². The number of hydrogen-bond acceptors (Lipinski definition) is 6. The minimum atomic E-state index is -0.473. The highest BCUT2D eigenvalue weighted by atomic mass is 32.1. The van der Waals surface area contributed by atoms with Gasteiger partial charge in [-0.1, -0.05) is 0 Å². The zero-order valence-electron chi connectivity index (χ0n) is 8.27. The van der Waals surface area contributed by atoms with Crippen LogP contribution in [0.15, 0.2) is 17.8 Å². The fraction of sp³-hybridized carbons (Fsp3) is 0.250. The average Bonchev–Trinajstić information content (AvgIpc) is 2.84. The van der Waals surface area contributed by atoms with Gasteiger partial charge >= 0.3 is 5.82 Å². The van der Waals surface area contributed by atoms with Crippen molar-refractivity contribution in [2.75, 3.05) is 0 Å². The van der Waals surface area contributed by atoms with Crippen LogP contribution in [-0.4, -0.2) is 19.5 Å². The first-order valence-electron chi connectivity index (χ1n) is 4.34. The van der Waals surface area contributed by atoms with Gasteiger partial charge in [0.15, 0.2) is 0 Å². The summed E-state index contributed by atoms with van der Waals surface area (Å²) in [5, 5.41) is 12.9. The lowest BCUT2D eigenvalue weighted by Crippen LogP contribution is -2.05. The fourth-order valence-electron chi connectivity index (χ4n) is 1.32. The van der Waals surface area contributed by atoms with Crippen molar-refractivity contribution >= 4 is 29.8 Å². The van der Waals surface area contributed by atoms with Crippen LogP contribution < -0.4 is 0 Å². The van der Waals surface area contributed by atoms with E-state index in [0.717, 1.165) is 5.01 Å². The molecule has 0 aromatic carbocycles. The van der Waals surface area contributed by atoms with Crippen LogP contribution in [0.4, 0.5) is 5.82 Å². The minimum absolute atomic E-state index is 0.0504. The van der Waals surface area contributed by atoms with E-state index < -0.39 is 4.92 Å². The van der Waals surface area contributed by atoms with E-state index in [2.05, 4.69) is 22.6 Å². The van der Waals surface area contributed by atoms with Crippen LogP contribution >= 0.6 is 24.0 Å². The molecule has 0 aliphatic rings. The Morgan fingerprint density at radius 3 is 2.88 bits per heavy atom. The number of rotatable bonds is 3. The maximum atomic E-state index is 10.7. The number of thiol groups is 1. The molecule has 16 heavy (non-hydrogen) atoms. The molecular weight excluding hydrogens is 248 g/mol. The summed E-state index contributed by atoms with van der Waals surface area (Å²) in [5.41, 5.74) is 0. The normalized spacial score (nSPS) is 12.6. The van der Waals surface area contributed by atoms with Gasteiger partial charge in [0.25, 0.3) is 0 Å². The molecule has 2 heterocycles. The van der Waals surface area contributed by atoms with E-state index in [0.29, 0.717) is 5.82 Å². The first-order valence-corrected chi connectivity index (χ1v) is 5.74. The fourth-order valence-corrected chi connectivity index (χ4v) is 2.42. The lowest BCUT2D eigenvalue weighted by Gasteiger charge is -2.03. The van der Waals surface area contributed by atoms with Gasteiger partial charge in [-0.3, -0.25) is 0 Å². The summed E-state index contributed by atoms with van der Waals surface area (Å²) in [6, 6.07) is 0. The van der Waals surface area contributed by atoms with Crippen molar-refractivity contribution in [1.82, 2.24) is 14.5 Å². The Balaban J connectivity index is 2.38. The third kappa shape index (κ3) is 1.81. The topological polar surface area (TPSA) is 73.8 Å². The number of nitrogens with zero attached hydrogens (tertiary/aromatic N) is 4. The Hall–Kier alpha value is -1.41. The SMILES string of the molecule is Cn1c([N+](=O)[O-])cnc1C(S)c1nccs1. The molecule has 1 atom stereocenters. The van der Waals surface area contributed by atoms with E-state index in [1.54, 1.807) is 13.2 Å². The molecule has 0 saturated heterocycles. The van der Waals surface area contributed by atoms with Crippen LogP contribution in [0, 0.1) is 10.1 Å². The van der Waals surface area contributed by atoms with Crippen LogP contribution in [0.3, 0.4) is 0 Å².